The lowest BCUT2D eigenvalue weighted by Gasteiger charge is -2.30. The third-order valence-corrected chi connectivity index (χ3v) is 5.46. The maximum absolute atomic E-state index is 12.0. The first kappa shape index (κ1) is 20.2. The molecule has 0 spiro atoms. The summed E-state index contributed by atoms with van der Waals surface area (Å²) in [6, 6.07) is 0. The summed E-state index contributed by atoms with van der Waals surface area (Å²) in [6.07, 6.45) is -0.236. The molecule has 12 heteroatoms. The molecule has 10 nitrogen and oxygen atoms in total. The molecule has 3 atom stereocenters. The van der Waals surface area contributed by atoms with Crippen molar-refractivity contribution in [3.63, 3.8) is 0 Å². The molecule has 21 heavy (non-hydrogen) atoms. The number of amides is 1. The zero-order chi connectivity index (χ0) is 16.7. The van der Waals surface area contributed by atoms with Gasteiger partial charge in [0.25, 0.3) is 0 Å². The number of carbonyl (C=O) groups excluding carboxylic acids is 2. The van der Waals surface area contributed by atoms with Crippen molar-refractivity contribution in [3.05, 3.63) is 0 Å². The SMILES string of the molecule is CCOC(=O)[C@@H](N(C=O)P(=O)(O)OCC)P(=O)(O)OCC. The van der Waals surface area contributed by atoms with Gasteiger partial charge in [-0.1, -0.05) is 0 Å². The molecule has 124 valence electrons. The van der Waals surface area contributed by atoms with Crippen molar-refractivity contribution in [3.8, 4) is 0 Å². The normalized spacial score (nSPS) is 18.1. The Kier molecular flexibility index (Phi) is 8.31. The second kappa shape index (κ2) is 8.63. The Labute approximate surface area is 122 Å². The Hall–Kier alpha value is -0.760. The molecule has 0 bridgehead atoms. The van der Waals surface area contributed by atoms with Crippen LogP contribution in [0.2, 0.25) is 0 Å². The molecule has 0 aromatic rings. The number of hydrogen-bond donors (Lipinski definition) is 2. The highest BCUT2D eigenvalue weighted by atomic mass is 31.2. The molecule has 2 unspecified atom stereocenters. The minimum absolute atomic E-state index is 0.0784. The largest absolute Gasteiger partial charge is 0.464 e. The Morgan fingerprint density at radius 1 is 1.14 bits per heavy atom. The van der Waals surface area contributed by atoms with Gasteiger partial charge in [0.05, 0.1) is 19.8 Å². The number of ether oxygens (including phenoxy) is 1. The number of esters is 1. The molecule has 0 aromatic carbocycles. The number of hydrogen-bond acceptors (Lipinski definition) is 7. The molecule has 0 aromatic heterocycles. The molecule has 0 saturated carbocycles. The van der Waals surface area contributed by atoms with Gasteiger partial charge in [0.2, 0.25) is 12.2 Å². The zero-order valence-electron chi connectivity index (χ0n) is 11.9. The van der Waals surface area contributed by atoms with E-state index in [-0.39, 0.29) is 30.9 Å². The van der Waals surface area contributed by atoms with Crippen LogP contribution in [0.1, 0.15) is 20.8 Å². The van der Waals surface area contributed by atoms with E-state index < -0.39 is 27.1 Å². The lowest BCUT2D eigenvalue weighted by Crippen LogP contribution is -2.40. The highest BCUT2D eigenvalue weighted by Crippen LogP contribution is 2.57. The second-order valence-electron chi connectivity index (χ2n) is 3.50. The van der Waals surface area contributed by atoms with E-state index in [1.807, 2.05) is 0 Å². The summed E-state index contributed by atoms with van der Waals surface area (Å²) in [5.74, 6) is -3.64. The molecule has 0 radical (unpaired) electrons. The van der Waals surface area contributed by atoms with Crippen molar-refractivity contribution < 1.29 is 42.3 Å². The predicted octanol–water partition coefficient (Wildman–Crippen LogP) is 0.693. The van der Waals surface area contributed by atoms with Crippen LogP contribution in [0.15, 0.2) is 0 Å². The van der Waals surface area contributed by atoms with Gasteiger partial charge in [0.15, 0.2) is 0 Å². The summed E-state index contributed by atoms with van der Waals surface area (Å²) in [6.45, 7) is 3.46. The highest BCUT2D eigenvalue weighted by molar-refractivity contribution is 7.57. The average molecular weight is 347 g/mol. The molecule has 0 aliphatic heterocycles. The summed E-state index contributed by atoms with van der Waals surface area (Å²) in [7, 11) is -9.58. The fourth-order valence-corrected chi connectivity index (χ4v) is 4.30. The van der Waals surface area contributed by atoms with E-state index in [4.69, 9.17) is 0 Å². The van der Waals surface area contributed by atoms with E-state index in [9.17, 15) is 28.5 Å². The Morgan fingerprint density at radius 2 is 1.67 bits per heavy atom. The molecular formula is C9H19NO9P2. The van der Waals surface area contributed by atoms with E-state index in [0.29, 0.717) is 0 Å². The van der Waals surface area contributed by atoms with Crippen molar-refractivity contribution in [2.75, 3.05) is 19.8 Å². The van der Waals surface area contributed by atoms with Crippen LogP contribution in [0.25, 0.3) is 0 Å². The van der Waals surface area contributed by atoms with Crippen LogP contribution in [-0.2, 0) is 32.5 Å². The molecular weight excluding hydrogens is 328 g/mol. The maximum atomic E-state index is 12.0. The fourth-order valence-electron chi connectivity index (χ4n) is 1.35. The minimum atomic E-state index is -4.80. The van der Waals surface area contributed by atoms with Gasteiger partial charge in [-0.05, 0) is 20.8 Å². The monoisotopic (exact) mass is 347 g/mol. The molecule has 1 amide bonds. The van der Waals surface area contributed by atoms with E-state index in [0.717, 1.165) is 0 Å². The predicted molar refractivity (Wildman–Crippen MR) is 71.2 cm³/mol. The van der Waals surface area contributed by atoms with Crippen molar-refractivity contribution in [2.45, 2.75) is 26.6 Å². The van der Waals surface area contributed by atoms with E-state index >= 15 is 0 Å². The summed E-state index contributed by atoms with van der Waals surface area (Å²) in [5, 5.41) is 0. The second-order valence-corrected chi connectivity index (χ2v) is 7.08. The molecule has 0 rings (SSSR count). The van der Waals surface area contributed by atoms with E-state index in [2.05, 4.69) is 13.8 Å². The lowest BCUT2D eigenvalue weighted by atomic mass is 10.6. The third kappa shape index (κ3) is 5.50. The number of carbonyl (C=O) groups is 2. The fraction of sp³-hybridized carbons (Fsp3) is 0.778. The topological polar surface area (TPSA) is 140 Å². The Bertz CT molecular complexity index is 454. The van der Waals surface area contributed by atoms with Crippen LogP contribution < -0.4 is 0 Å². The van der Waals surface area contributed by atoms with Crippen LogP contribution in [0, 0.1) is 0 Å². The minimum Gasteiger partial charge on any atom is -0.464 e. The van der Waals surface area contributed by atoms with E-state index in [1.165, 1.54) is 20.8 Å². The quantitative estimate of drug-likeness (QED) is 0.332. The van der Waals surface area contributed by atoms with Crippen LogP contribution in [0.4, 0.5) is 0 Å². The zero-order valence-corrected chi connectivity index (χ0v) is 13.7. The molecule has 0 aliphatic carbocycles. The molecule has 0 aliphatic rings. The van der Waals surface area contributed by atoms with Crippen molar-refractivity contribution in [1.82, 2.24) is 4.67 Å². The van der Waals surface area contributed by atoms with Gasteiger partial charge < -0.3 is 19.0 Å². The first-order valence-corrected chi connectivity index (χ1v) is 9.20. The first-order valence-electron chi connectivity index (χ1n) is 6.02. The van der Waals surface area contributed by atoms with Gasteiger partial charge in [-0.25, -0.2) is 14.0 Å². The van der Waals surface area contributed by atoms with E-state index in [1.54, 1.807) is 0 Å². The van der Waals surface area contributed by atoms with Gasteiger partial charge in [0, 0.05) is 0 Å². The lowest BCUT2D eigenvalue weighted by molar-refractivity contribution is -0.147. The van der Waals surface area contributed by atoms with Crippen LogP contribution >= 0.6 is 15.3 Å². The average Bonchev–Trinajstić information content (AvgIpc) is 2.34. The van der Waals surface area contributed by atoms with Crippen LogP contribution in [-0.4, -0.2) is 52.4 Å². The smallest absolute Gasteiger partial charge is 0.436 e. The van der Waals surface area contributed by atoms with Crippen LogP contribution in [0.5, 0.6) is 0 Å². The molecule has 2 N–H and O–H groups in total. The van der Waals surface area contributed by atoms with Crippen molar-refractivity contribution in [2.24, 2.45) is 0 Å². The van der Waals surface area contributed by atoms with Gasteiger partial charge in [-0.2, -0.15) is 0 Å². The van der Waals surface area contributed by atoms with Crippen molar-refractivity contribution >= 4 is 27.7 Å². The van der Waals surface area contributed by atoms with Crippen LogP contribution in [0.3, 0.4) is 0 Å². The number of rotatable bonds is 10. The molecule has 0 fully saturated rings. The Balaban J connectivity index is 5.75. The van der Waals surface area contributed by atoms with Gasteiger partial charge >= 0.3 is 21.3 Å². The van der Waals surface area contributed by atoms with Crippen molar-refractivity contribution in [1.29, 1.82) is 0 Å². The number of nitrogens with zero attached hydrogens (tertiary/aromatic N) is 1. The van der Waals surface area contributed by atoms with Gasteiger partial charge in [-0.3, -0.25) is 13.9 Å². The summed E-state index contributed by atoms with van der Waals surface area (Å²) < 4.78 is 37.4. The standard InChI is InChI=1S/C9H19NO9P2/c1-4-17-9(12)8(20(13,14)18-5-2)10(7-11)21(15,16)19-6-3/h7-8H,4-6H2,1-3H3,(H,13,14)(H,15,16)/t8-/m0/s1. The summed E-state index contributed by atoms with van der Waals surface area (Å²) in [4.78, 5) is 42.2. The maximum Gasteiger partial charge on any atom is 0.436 e. The molecule has 0 saturated heterocycles. The third-order valence-electron chi connectivity index (χ3n) is 2.07. The Morgan fingerprint density at radius 3 is 2.05 bits per heavy atom. The van der Waals surface area contributed by atoms with Gasteiger partial charge in [0.1, 0.15) is 0 Å². The summed E-state index contributed by atoms with van der Waals surface area (Å²) in [5.41, 5.74) is 0. The molecule has 0 heterocycles. The first-order chi connectivity index (χ1) is 9.67. The highest BCUT2D eigenvalue weighted by Gasteiger charge is 2.50. The van der Waals surface area contributed by atoms with Gasteiger partial charge in [-0.15, -0.1) is 0 Å². The summed E-state index contributed by atoms with van der Waals surface area (Å²) >= 11 is 0.